The summed E-state index contributed by atoms with van der Waals surface area (Å²) in [6.45, 7) is 2.57. The summed E-state index contributed by atoms with van der Waals surface area (Å²) in [7, 11) is 0. The van der Waals surface area contributed by atoms with E-state index in [4.69, 9.17) is 4.74 Å². The highest BCUT2D eigenvalue weighted by atomic mass is 16.5. The van der Waals surface area contributed by atoms with E-state index in [-0.39, 0.29) is 11.9 Å². The van der Waals surface area contributed by atoms with Gasteiger partial charge in [-0.05, 0) is 44.4 Å². The van der Waals surface area contributed by atoms with E-state index >= 15 is 0 Å². The van der Waals surface area contributed by atoms with E-state index in [0.717, 1.165) is 41.8 Å². The van der Waals surface area contributed by atoms with Gasteiger partial charge in [0, 0.05) is 47.1 Å². The number of rotatable bonds is 5. The van der Waals surface area contributed by atoms with Gasteiger partial charge in [0.15, 0.2) is 0 Å². The second-order valence-corrected chi connectivity index (χ2v) is 7.97. The van der Waals surface area contributed by atoms with Crippen LogP contribution in [0.5, 0.6) is 5.88 Å². The number of carbonyl (C=O) groups excluding carboxylic acids is 1. The number of nitrogens with zero attached hydrogens (tertiary/aromatic N) is 3. The summed E-state index contributed by atoms with van der Waals surface area (Å²) in [5.74, 6) is 1.10. The second kappa shape index (κ2) is 7.35. The molecule has 1 amide bonds. The van der Waals surface area contributed by atoms with E-state index in [2.05, 4.69) is 20.1 Å². The minimum Gasteiger partial charge on any atom is -0.477 e. The molecule has 3 aromatic rings. The van der Waals surface area contributed by atoms with Crippen LogP contribution in [-0.2, 0) is 0 Å². The number of hydrogen-bond acceptors (Lipinski definition) is 4. The molecule has 2 fully saturated rings. The van der Waals surface area contributed by atoms with Crippen molar-refractivity contribution in [3.63, 3.8) is 0 Å². The maximum atomic E-state index is 13.6. The van der Waals surface area contributed by atoms with Crippen LogP contribution >= 0.6 is 0 Å². The summed E-state index contributed by atoms with van der Waals surface area (Å²) >= 11 is 0. The minimum absolute atomic E-state index is 0.106. The molecule has 3 unspecified atom stereocenters. The Hall–Kier alpha value is -3.15. The molecule has 3 atom stereocenters. The molecule has 6 heteroatoms. The van der Waals surface area contributed by atoms with Gasteiger partial charge in [-0.25, -0.2) is 4.98 Å². The average molecular weight is 388 g/mol. The Morgan fingerprint density at radius 3 is 2.86 bits per heavy atom. The van der Waals surface area contributed by atoms with Crippen molar-refractivity contribution in [3.05, 3.63) is 66.0 Å². The number of amides is 1. The normalized spacial score (nSPS) is 22.8. The van der Waals surface area contributed by atoms with Crippen molar-refractivity contribution >= 4 is 5.91 Å². The van der Waals surface area contributed by atoms with Crippen molar-refractivity contribution in [3.8, 4) is 17.1 Å². The Morgan fingerprint density at radius 2 is 2.07 bits per heavy atom. The number of ether oxygens (including phenoxy) is 1. The number of fused-ring (bicyclic) bond motifs is 2. The van der Waals surface area contributed by atoms with E-state index in [1.54, 1.807) is 6.20 Å². The first-order valence-corrected chi connectivity index (χ1v) is 10.2. The van der Waals surface area contributed by atoms with Gasteiger partial charge in [0.2, 0.25) is 5.88 Å². The molecule has 5 rings (SSSR count). The number of nitrogens with one attached hydrogen (secondary N) is 1. The quantitative estimate of drug-likeness (QED) is 0.721. The fourth-order valence-electron chi connectivity index (χ4n) is 4.82. The molecule has 2 aromatic heterocycles. The van der Waals surface area contributed by atoms with Crippen LogP contribution in [0.4, 0.5) is 0 Å². The minimum atomic E-state index is 0.106. The fraction of sp³-hybridized carbons (Fsp3) is 0.348. The van der Waals surface area contributed by atoms with Crippen LogP contribution in [0.15, 0.2) is 54.7 Å². The van der Waals surface area contributed by atoms with E-state index < -0.39 is 0 Å². The zero-order valence-electron chi connectivity index (χ0n) is 16.4. The van der Waals surface area contributed by atoms with Crippen molar-refractivity contribution in [2.24, 2.45) is 5.92 Å². The molecule has 1 N–H and O–H groups in total. The third-order valence-corrected chi connectivity index (χ3v) is 6.12. The summed E-state index contributed by atoms with van der Waals surface area (Å²) < 4.78 is 5.91. The number of aryl methyl sites for hydroxylation is 1. The molecule has 6 nitrogen and oxygen atoms in total. The van der Waals surface area contributed by atoms with Gasteiger partial charge in [-0.1, -0.05) is 24.3 Å². The van der Waals surface area contributed by atoms with Crippen LogP contribution in [0.1, 0.15) is 35.3 Å². The predicted octanol–water partition coefficient (Wildman–Crippen LogP) is 3.85. The molecule has 0 spiro atoms. The van der Waals surface area contributed by atoms with Gasteiger partial charge in [0.25, 0.3) is 5.91 Å². The Kier molecular flexibility index (Phi) is 4.54. The number of aromatic nitrogens is 3. The molecule has 0 saturated carbocycles. The lowest BCUT2D eigenvalue weighted by atomic mass is 9.90. The van der Waals surface area contributed by atoms with Crippen LogP contribution in [0, 0.1) is 12.8 Å². The highest BCUT2D eigenvalue weighted by Crippen LogP contribution is 2.43. The highest BCUT2D eigenvalue weighted by Gasteiger charge is 2.49. The van der Waals surface area contributed by atoms with Crippen LogP contribution in [0.2, 0.25) is 0 Å². The van der Waals surface area contributed by atoms with E-state index in [9.17, 15) is 4.79 Å². The van der Waals surface area contributed by atoms with Gasteiger partial charge >= 0.3 is 0 Å². The molecular weight excluding hydrogens is 364 g/mol. The van der Waals surface area contributed by atoms with E-state index in [0.29, 0.717) is 24.4 Å². The lowest BCUT2D eigenvalue weighted by Gasteiger charge is -2.25. The molecule has 2 aliphatic rings. The molecule has 29 heavy (non-hydrogen) atoms. The lowest BCUT2D eigenvalue weighted by Crippen LogP contribution is -2.37. The van der Waals surface area contributed by atoms with Gasteiger partial charge < -0.3 is 9.64 Å². The standard InChI is InChI=1S/C23H24N4O2/c1-15-12-20(26-25-15)18-6-2-3-7-19(18)23(28)27-17-9-10-21(27)16(13-17)14-29-22-8-4-5-11-24-22/h2-8,11-12,16-17,21H,9-10,13-14H2,1H3,(H,25,26). The van der Waals surface area contributed by atoms with Crippen molar-refractivity contribution in [1.29, 1.82) is 0 Å². The molecule has 2 saturated heterocycles. The predicted molar refractivity (Wildman–Crippen MR) is 110 cm³/mol. The maximum absolute atomic E-state index is 13.6. The number of H-pyrrole nitrogens is 1. The average Bonchev–Trinajstić information content (AvgIpc) is 3.47. The molecule has 1 aromatic carbocycles. The fourth-order valence-corrected chi connectivity index (χ4v) is 4.82. The van der Waals surface area contributed by atoms with Crippen molar-refractivity contribution < 1.29 is 9.53 Å². The molecule has 4 heterocycles. The summed E-state index contributed by atoms with van der Waals surface area (Å²) in [4.78, 5) is 19.9. The molecule has 148 valence electrons. The van der Waals surface area contributed by atoms with Gasteiger partial charge in [0.1, 0.15) is 0 Å². The monoisotopic (exact) mass is 388 g/mol. The van der Waals surface area contributed by atoms with Crippen LogP contribution in [0.25, 0.3) is 11.3 Å². The molecule has 0 radical (unpaired) electrons. The van der Waals surface area contributed by atoms with Crippen LogP contribution in [0.3, 0.4) is 0 Å². The van der Waals surface area contributed by atoms with Crippen molar-refractivity contribution in [2.45, 2.75) is 38.3 Å². The smallest absolute Gasteiger partial charge is 0.255 e. The molecule has 2 aliphatic heterocycles. The molecule has 2 bridgehead atoms. The Balaban J connectivity index is 1.36. The Morgan fingerprint density at radius 1 is 1.21 bits per heavy atom. The largest absolute Gasteiger partial charge is 0.477 e. The van der Waals surface area contributed by atoms with Crippen LogP contribution in [-0.4, -0.2) is 44.7 Å². The number of carbonyl (C=O) groups is 1. The first-order chi connectivity index (χ1) is 14.2. The zero-order chi connectivity index (χ0) is 19.8. The van der Waals surface area contributed by atoms with Gasteiger partial charge in [-0.3, -0.25) is 9.89 Å². The highest BCUT2D eigenvalue weighted by molar-refractivity contribution is 6.01. The lowest BCUT2D eigenvalue weighted by molar-refractivity contribution is 0.0710. The number of hydrogen-bond donors (Lipinski definition) is 1. The Bertz CT molecular complexity index is 1020. The van der Waals surface area contributed by atoms with Crippen molar-refractivity contribution in [1.82, 2.24) is 20.1 Å². The maximum Gasteiger partial charge on any atom is 0.255 e. The summed E-state index contributed by atoms with van der Waals surface area (Å²) in [6, 6.07) is 15.9. The topological polar surface area (TPSA) is 71.1 Å². The first kappa shape index (κ1) is 17.9. The van der Waals surface area contributed by atoms with E-state index in [1.165, 1.54) is 0 Å². The SMILES string of the molecule is Cc1cc(-c2ccccc2C(=O)N2C3CCC2C(COc2ccccn2)C3)n[nH]1. The molecular formula is C23H24N4O2. The van der Waals surface area contributed by atoms with Crippen molar-refractivity contribution in [2.75, 3.05) is 6.61 Å². The Labute approximate surface area is 169 Å². The molecule has 0 aliphatic carbocycles. The van der Waals surface area contributed by atoms with Gasteiger partial charge in [-0.2, -0.15) is 5.10 Å². The third kappa shape index (κ3) is 3.28. The summed E-state index contributed by atoms with van der Waals surface area (Å²) in [5, 5.41) is 7.34. The van der Waals surface area contributed by atoms with E-state index in [1.807, 2.05) is 55.5 Å². The number of benzene rings is 1. The van der Waals surface area contributed by atoms with Gasteiger partial charge in [0.05, 0.1) is 12.3 Å². The van der Waals surface area contributed by atoms with Crippen LogP contribution < -0.4 is 4.74 Å². The number of pyridine rings is 1. The summed E-state index contributed by atoms with van der Waals surface area (Å²) in [6.07, 6.45) is 4.84. The summed E-state index contributed by atoms with van der Waals surface area (Å²) in [5.41, 5.74) is 3.40. The third-order valence-electron chi connectivity index (χ3n) is 6.12. The zero-order valence-corrected chi connectivity index (χ0v) is 16.4. The first-order valence-electron chi connectivity index (χ1n) is 10.2. The number of aromatic amines is 1. The van der Waals surface area contributed by atoms with Gasteiger partial charge in [-0.15, -0.1) is 0 Å². The second-order valence-electron chi connectivity index (χ2n) is 7.97.